The number of nitro benzene ring substituents is 1. The molecule has 0 heterocycles. The van der Waals surface area contributed by atoms with Gasteiger partial charge in [0, 0.05) is 12.0 Å². The molecule has 0 aliphatic heterocycles. The lowest BCUT2D eigenvalue weighted by Crippen LogP contribution is -2.17. The van der Waals surface area contributed by atoms with Crippen molar-refractivity contribution in [2.75, 3.05) is 0 Å². The average molecular weight is 320 g/mol. The second kappa shape index (κ2) is 6.63. The van der Waals surface area contributed by atoms with E-state index in [0.717, 1.165) is 24.0 Å². The van der Waals surface area contributed by atoms with Crippen LogP contribution in [0, 0.1) is 33.3 Å². The Hall–Kier alpha value is -3.00. The maximum atomic E-state index is 12.1. The summed E-state index contributed by atoms with van der Waals surface area (Å²) in [6.45, 7) is 0. The second-order valence-corrected chi connectivity index (χ2v) is 6.03. The maximum Gasteiger partial charge on any atom is 0.277 e. The van der Waals surface area contributed by atoms with Crippen molar-refractivity contribution in [3.8, 4) is 17.2 Å². The van der Waals surface area contributed by atoms with Gasteiger partial charge in [-0.05, 0) is 36.5 Å². The molecule has 1 aliphatic rings. The molecule has 0 radical (unpaired) electrons. The first-order valence-electron chi connectivity index (χ1n) is 7.86. The Kier molecular flexibility index (Phi) is 4.39. The highest BCUT2D eigenvalue weighted by Crippen LogP contribution is 2.34. The molecule has 5 nitrogen and oxygen atoms in total. The molecule has 0 aromatic heterocycles. The number of rotatable bonds is 6. The lowest BCUT2D eigenvalue weighted by molar-refractivity contribution is -0.384. The van der Waals surface area contributed by atoms with Gasteiger partial charge >= 0.3 is 0 Å². The van der Waals surface area contributed by atoms with Gasteiger partial charge < -0.3 is 0 Å². The number of hydrogen-bond donors (Lipinski definition) is 0. The molecule has 3 rings (SSSR count). The monoisotopic (exact) mass is 320 g/mol. The van der Waals surface area contributed by atoms with Crippen LogP contribution in [-0.2, 0) is 11.2 Å². The number of hydrogen-bond acceptors (Lipinski definition) is 4. The highest BCUT2D eigenvalue weighted by molar-refractivity contribution is 5.87. The number of benzene rings is 2. The zero-order chi connectivity index (χ0) is 17.1. The fourth-order valence-corrected chi connectivity index (χ4v) is 2.80. The van der Waals surface area contributed by atoms with E-state index in [1.165, 1.54) is 6.07 Å². The predicted octanol–water partition coefficient (Wildman–Crippen LogP) is 3.92. The number of nitrogens with zero attached hydrogens (tertiary/aromatic N) is 2. The molecule has 0 saturated heterocycles. The maximum absolute atomic E-state index is 12.1. The molecule has 2 aromatic carbocycles. The number of nitriles is 1. The lowest BCUT2D eigenvalue weighted by atomic mass is 9.93. The van der Waals surface area contributed by atoms with Crippen molar-refractivity contribution >= 4 is 11.5 Å². The van der Waals surface area contributed by atoms with Crippen molar-refractivity contribution in [3.05, 3.63) is 64.2 Å². The fourth-order valence-electron chi connectivity index (χ4n) is 2.80. The molecule has 0 amide bonds. The Labute approximate surface area is 139 Å². The number of ketones is 1. The largest absolute Gasteiger partial charge is 0.298 e. The van der Waals surface area contributed by atoms with Crippen LogP contribution in [0.5, 0.6) is 0 Å². The molecule has 120 valence electrons. The van der Waals surface area contributed by atoms with E-state index in [9.17, 15) is 20.2 Å². The highest BCUT2D eigenvalue weighted by Gasteiger charge is 2.34. The van der Waals surface area contributed by atoms with E-state index in [2.05, 4.69) is 6.07 Å². The Balaban J connectivity index is 1.80. The van der Waals surface area contributed by atoms with Crippen LogP contribution in [0.3, 0.4) is 0 Å². The molecule has 1 aliphatic carbocycles. The van der Waals surface area contributed by atoms with E-state index in [4.69, 9.17) is 0 Å². The van der Waals surface area contributed by atoms with Crippen molar-refractivity contribution in [1.82, 2.24) is 0 Å². The van der Waals surface area contributed by atoms with Gasteiger partial charge in [0.2, 0.25) is 0 Å². The van der Waals surface area contributed by atoms with E-state index in [0.29, 0.717) is 12.0 Å². The third-order valence-electron chi connectivity index (χ3n) is 4.28. The number of carbonyl (C=O) groups excluding carboxylic acids is 1. The van der Waals surface area contributed by atoms with Crippen LogP contribution in [0.25, 0.3) is 11.1 Å². The van der Waals surface area contributed by atoms with Crippen LogP contribution in [0.1, 0.15) is 18.4 Å². The number of carbonyl (C=O) groups is 1. The van der Waals surface area contributed by atoms with E-state index >= 15 is 0 Å². The first-order chi connectivity index (χ1) is 11.6. The minimum absolute atomic E-state index is 0.0419. The van der Waals surface area contributed by atoms with Crippen LogP contribution in [0.2, 0.25) is 0 Å². The summed E-state index contributed by atoms with van der Waals surface area (Å²) in [4.78, 5) is 22.8. The zero-order valence-corrected chi connectivity index (χ0v) is 13.0. The van der Waals surface area contributed by atoms with Gasteiger partial charge in [0.05, 0.1) is 16.6 Å². The smallest absolute Gasteiger partial charge is 0.277 e. The van der Waals surface area contributed by atoms with E-state index in [-0.39, 0.29) is 17.4 Å². The van der Waals surface area contributed by atoms with Crippen molar-refractivity contribution < 1.29 is 9.72 Å². The second-order valence-electron chi connectivity index (χ2n) is 6.03. The van der Waals surface area contributed by atoms with Gasteiger partial charge in [0.25, 0.3) is 5.69 Å². The summed E-state index contributed by atoms with van der Waals surface area (Å²) in [5.41, 5.74) is 2.25. The Bertz CT molecular complexity index is 817. The van der Waals surface area contributed by atoms with Gasteiger partial charge in [-0.1, -0.05) is 36.4 Å². The van der Waals surface area contributed by atoms with Crippen molar-refractivity contribution in [2.45, 2.75) is 19.3 Å². The molecular formula is C19H16N2O3. The molecule has 1 unspecified atom stereocenters. The van der Waals surface area contributed by atoms with Gasteiger partial charge in [-0.3, -0.25) is 14.9 Å². The molecule has 5 heteroatoms. The third kappa shape index (κ3) is 3.33. The Morgan fingerprint density at radius 1 is 1.21 bits per heavy atom. The molecular weight excluding hydrogens is 304 g/mol. The standard InChI is InChI=1S/C19H16N2O3/c20-12-16(19(22)15-9-10-15)11-13-5-7-14(8-6-13)17-3-1-2-4-18(17)21(23)24/h1-8,15-16H,9-11H2. The molecule has 1 saturated carbocycles. The minimum Gasteiger partial charge on any atom is -0.298 e. The van der Waals surface area contributed by atoms with Crippen LogP contribution < -0.4 is 0 Å². The summed E-state index contributed by atoms with van der Waals surface area (Å²) in [5.74, 6) is -0.490. The van der Waals surface area contributed by atoms with Gasteiger partial charge in [-0.2, -0.15) is 5.26 Å². The van der Waals surface area contributed by atoms with E-state index in [1.54, 1.807) is 30.3 Å². The SMILES string of the molecule is N#CC(Cc1ccc(-c2ccccc2[N+](=O)[O-])cc1)C(=O)C1CC1. The molecule has 24 heavy (non-hydrogen) atoms. The summed E-state index contributed by atoms with van der Waals surface area (Å²) < 4.78 is 0. The third-order valence-corrected chi connectivity index (χ3v) is 4.28. The number of Topliss-reactive ketones (excluding diaryl/α,β-unsaturated/α-hetero) is 1. The minimum atomic E-state index is -0.602. The first kappa shape index (κ1) is 15.9. The Morgan fingerprint density at radius 3 is 2.46 bits per heavy atom. The van der Waals surface area contributed by atoms with Crippen LogP contribution >= 0.6 is 0 Å². The highest BCUT2D eigenvalue weighted by atomic mass is 16.6. The Morgan fingerprint density at radius 2 is 1.88 bits per heavy atom. The summed E-state index contributed by atoms with van der Waals surface area (Å²) in [6.07, 6.45) is 2.18. The topological polar surface area (TPSA) is 84.0 Å². The van der Waals surface area contributed by atoms with Crippen molar-refractivity contribution in [1.29, 1.82) is 5.26 Å². The summed E-state index contributed by atoms with van der Waals surface area (Å²) in [6, 6.07) is 15.9. The fraction of sp³-hybridized carbons (Fsp3) is 0.263. The van der Waals surface area contributed by atoms with Gasteiger partial charge in [0.1, 0.15) is 5.92 Å². The zero-order valence-electron chi connectivity index (χ0n) is 13.0. The molecule has 1 fully saturated rings. The van der Waals surface area contributed by atoms with Gasteiger partial charge in [0.15, 0.2) is 5.78 Å². The normalized spacial score (nSPS) is 14.6. The molecule has 0 N–H and O–H groups in total. The predicted molar refractivity (Wildman–Crippen MR) is 89.1 cm³/mol. The molecule has 0 bridgehead atoms. The van der Waals surface area contributed by atoms with Crippen molar-refractivity contribution in [2.24, 2.45) is 11.8 Å². The van der Waals surface area contributed by atoms with Gasteiger partial charge in [-0.15, -0.1) is 0 Å². The van der Waals surface area contributed by atoms with Crippen LogP contribution in [-0.4, -0.2) is 10.7 Å². The average Bonchev–Trinajstić information content (AvgIpc) is 3.44. The summed E-state index contributed by atoms with van der Waals surface area (Å²) in [5, 5.41) is 20.3. The van der Waals surface area contributed by atoms with Crippen LogP contribution in [0.15, 0.2) is 48.5 Å². The molecule has 0 spiro atoms. The quantitative estimate of drug-likeness (QED) is 0.596. The summed E-state index contributed by atoms with van der Waals surface area (Å²) in [7, 11) is 0. The summed E-state index contributed by atoms with van der Waals surface area (Å²) >= 11 is 0. The van der Waals surface area contributed by atoms with E-state index in [1.807, 2.05) is 12.1 Å². The van der Waals surface area contributed by atoms with E-state index < -0.39 is 10.8 Å². The number of nitro groups is 1. The first-order valence-corrected chi connectivity index (χ1v) is 7.86. The molecule has 1 atom stereocenters. The number of para-hydroxylation sites is 1. The van der Waals surface area contributed by atoms with Crippen LogP contribution in [0.4, 0.5) is 5.69 Å². The lowest BCUT2D eigenvalue weighted by Gasteiger charge is -2.09. The molecule has 2 aromatic rings. The van der Waals surface area contributed by atoms with Gasteiger partial charge in [-0.25, -0.2) is 0 Å². The van der Waals surface area contributed by atoms with Crippen molar-refractivity contribution in [3.63, 3.8) is 0 Å².